The Kier molecular flexibility index (Phi) is 4.76. The Bertz CT molecular complexity index is 573. The van der Waals surface area contributed by atoms with Gasteiger partial charge in [0, 0.05) is 6.54 Å². The van der Waals surface area contributed by atoms with Gasteiger partial charge in [0.1, 0.15) is 17.9 Å². The molecule has 5 nitrogen and oxygen atoms in total. The van der Waals surface area contributed by atoms with E-state index < -0.39 is 0 Å². The lowest BCUT2D eigenvalue weighted by Crippen LogP contribution is -2.09. The van der Waals surface area contributed by atoms with E-state index in [1.807, 2.05) is 25.1 Å². The third kappa shape index (κ3) is 3.17. The van der Waals surface area contributed by atoms with E-state index in [1.54, 1.807) is 14.2 Å². The molecule has 2 aromatic rings. The smallest absolute Gasteiger partial charge is 0.221 e. The minimum Gasteiger partial charge on any atom is -0.496 e. The second-order valence-corrected chi connectivity index (χ2v) is 4.35. The van der Waals surface area contributed by atoms with Crippen molar-refractivity contribution in [3.8, 4) is 11.6 Å². The van der Waals surface area contributed by atoms with Crippen molar-refractivity contribution in [2.24, 2.45) is 0 Å². The first kappa shape index (κ1) is 14.1. The number of nitrogens with one attached hydrogen (secondary N) is 1. The summed E-state index contributed by atoms with van der Waals surface area (Å²) in [5, 5.41) is 3.30. The maximum Gasteiger partial charge on any atom is 0.221 e. The predicted octanol–water partition coefficient (Wildman–Crippen LogP) is 2.46. The topological polar surface area (TPSA) is 56.3 Å². The number of rotatable bonds is 6. The summed E-state index contributed by atoms with van der Waals surface area (Å²) in [6.07, 6.45) is 2.35. The van der Waals surface area contributed by atoms with Crippen molar-refractivity contribution < 1.29 is 9.47 Å². The van der Waals surface area contributed by atoms with Crippen LogP contribution in [0.25, 0.3) is 0 Å². The maximum absolute atomic E-state index is 5.33. The summed E-state index contributed by atoms with van der Waals surface area (Å²) in [4.78, 5) is 8.28. The molecule has 106 valence electrons. The highest BCUT2D eigenvalue weighted by Gasteiger charge is 2.07. The fourth-order valence-electron chi connectivity index (χ4n) is 2.04. The number of ether oxygens (including phenoxy) is 2. The van der Waals surface area contributed by atoms with Crippen LogP contribution in [0.2, 0.25) is 0 Å². The molecule has 0 atom stereocenters. The molecular weight excluding hydrogens is 254 g/mol. The van der Waals surface area contributed by atoms with Crippen LogP contribution in [0.15, 0.2) is 30.6 Å². The van der Waals surface area contributed by atoms with Gasteiger partial charge in [-0.3, -0.25) is 0 Å². The second-order valence-electron chi connectivity index (χ2n) is 4.35. The van der Waals surface area contributed by atoms with E-state index in [4.69, 9.17) is 9.47 Å². The van der Waals surface area contributed by atoms with Gasteiger partial charge >= 0.3 is 0 Å². The van der Waals surface area contributed by atoms with Crippen molar-refractivity contribution in [1.29, 1.82) is 0 Å². The van der Waals surface area contributed by atoms with E-state index in [2.05, 4.69) is 21.4 Å². The van der Waals surface area contributed by atoms with Gasteiger partial charge < -0.3 is 14.8 Å². The zero-order chi connectivity index (χ0) is 14.4. The number of para-hydroxylation sites is 1. The molecule has 0 bridgehead atoms. The molecule has 0 amide bonds. The monoisotopic (exact) mass is 273 g/mol. The zero-order valence-electron chi connectivity index (χ0n) is 12.0. The van der Waals surface area contributed by atoms with Gasteiger partial charge in [0.15, 0.2) is 0 Å². The molecule has 20 heavy (non-hydrogen) atoms. The molecule has 1 N–H and O–H groups in total. The summed E-state index contributed by atoms with van der Waals surface area (Å²) < 4.78 is 10.5. The zero-order valence-corrected chi connectivity index (χ0v) is 12.0. The van der Waals surface area contributed by atoms with Crippen molar-refractivity contribution in [2.75, 3.05) is 26.1 Å². The molecule has 1 heterocycles. The number of anilines is 1. The molecule has 0 spiro atoms. The summed E-state index contributed by atoms with van der Waals surface area (Å²) in [5.41, 5.74) is 2.08. The van der Waals surface area contributed by atoms with Crippen LogP contribution >= 0.6 is 0 Å². The lowest BCUT2D eigenvalue weighted by atomic mass is 10.1. The first-order chi connectivity index (χ1) is 9.76. The van der Waals surface area contributed by atoms with E-state index in [0.717, 1.165) is 30.1 Å². The normalized spacial score (nSPS) is 10.2. The summed E-state index contributed by atoms with van der Waals surface area (Å²) in [5.74, 6) is 2.30. The number of nitrogens with zero attached hydrogens (tertiary/aromatic N) is 2. The van der Waals surface area contributed by atoms with Crippen molar-refractivity contribution in [1.82, 2.24) is 9.97 Å². The Labute approximate surface area is 119 Å². The highest BCUT2D eigenvalue weighted by atomic mass is 16.5. The number of benzene rings is 1. The fraction of sp³-hybridized carbons (Fsp3) is 0.333. The molecule has 0 saturated carbocycles. The molecule has 5 heteroatoms. The van der Waals surface area contributed by atoms with Crippen LogP contribution in [0, 0.1) is 6.92 Å². The summed E-state index contributed by atoms with van der Waals surface area (Å²) in [6, 6.07) is 8.01. The lowest BCUT2D eigenvalue weighted by molar-refractivity contribution is 0.393. The quantitative estimate of drug-likeness (QED) is 0.876. The molecule has 0 saturated heterocycles. The molecule has 0 aliphatic heterocycles. The van der Waals surface area contributed by atoms with Crippen molar-refractivity contribution in [3.05, 3.63) is 41.7 Å². The summed E-state index contributed by atoms with van der Waals surface area (Å²) in [7, 11) is 3.29. The van der Waals surface area contributed by atoms with Gasteiger partial charge in [-0.25, -0.2) is 9.97 Å². The van der Waals surface area contributed by atoms with Gasteiger partial charge in [0.25, 0.3) is 0 Å². The molecule has 0 unspecified atom stereocenters. The van der Waals surface area contributed by atoms with Crippen molar-refractivity contribution in [3.63, 3.8) is 0 Å². The van der Waals surface area contributed by atoms with Crippen LogP contribution in [0.4, 0.5) is 5.82 Å². The third-order valence-corrected chi connectivity index (χ3v) is 3.11. The van der Waals surface area contributed by atoms with Crippen LogP contribution in [0.1, 0.15) is 11.1 Å². The summed E-state index contributed by atoms with van der Waals surface area (Å²) in [6.45, 7) is 2.70. The number of aromatic nitrogens is 2. The average molecular weight is 273 g/mol. The minimum absolute atomic E-state index is 0.597. The van der Waals surface area contributed by atoms with E-state index in [9.17, 15) is 0 Å². The van der Waals surface area contributed by atoms with Gasteiger partial charge in [0.05, 0.1) is 19.8 Å². The first-order valence-corrected chi connectivity index (χ1v) is 6.47. The molecule has 0 aliphatic carbocycles. The number of methoxy groups -OCH3 is 2. The first-order valence-electron chi connectivity index (χ1n) is 6.47. The molecule has 1 aromatic heterocycles. The highest BCUT2D eigenvalue weighted by molar-refractivity contribution is 5.47. The van der Waals surface area contributed by atoms with Crippen LogP contribution < -0.4 is 14.8 Å². The molecule has 0 radical (unpaired) electrons. The highest BCUT2D eigenvalue weighted by Crippen LogP contribution is 2.21. The van der Waals surface area contributed by atoms with E-state index >= 15 is 0 Å². The van der Waals surface area contributed by atoms with E-state index in [0.29, 0.717) is 5.88 Å². The second kappa shape index (κ2) is 6.75. The van der Waals surface area contributed by atoms with Gasteiger partial charge in [0.2, 0.25) is 5.88 Å². The van der Waals surface area contributed by atoms with Gasteiger partial charge in [-0.1, -0.05) is 18.2 Å². The van der Waals surface area contributed by atoms with Crippen LogP contribution in [-0.4, -0.2) is 30.7 Å². The van der Waals surface area contributed by atoms with Crippen LogP contribution in [0.3, 0.4) is 0 Å². The molecule has 0 fully saturated rings. The van der Waals surface area contributed by atoms with E-state index in [1.165, 1.54) is 11.9 Å². The largest absolute Gasteiger partial charge is 0.496 e. The van der Waals surface area contributed by atoms with E-state index in [-0.39, 0.29) is 0 Å². The lowest BCUT2D eigenvalue weighted by Gasteiger charge is -2.11. The number of hydrogen-bond acceptors (Lipinski definition) is 5. The molecule has 1 aromatic carbocycles. The third-order valence-electron chi connectivity index (χ3n) is 3.11. The maximum atomic E-state index is 5.33. The Morgan fingerprint density at radius 3 is 2.65 bits per heavy atom. The van der Waals surface area contributed by atoms with Crippen LogP contribution in [-0.2, 0) is 6.42 Å². The van der Waals surface area contributed by atoms with Gasteiger partial charge in [-0.05, 0) is 25.0 Å². The van der Waals surface area contributed by atoms with Crippen molar-refractivity contribution >= 4 is 5.82 Å². The Hall–Kier alpha value is -2.30. The standard InChI is InChI=1S/C15H19N3O2/c1-11-14(17-10-18-15(11)20-3)16-9-8-12-6-4-5-7-13(12)19-2/h4-7,10H,8-9H2,1-3H3,(H,16,17,18). The number of hydrogen-bond donors (Lipinski definition) is 1. The van der Waals surface area contributed by atoms with Crippen molar-refractivity contribution in [2.45, 2.75) is 13.3 Å². The Balaban J connectivity index is 1.99. The van der Waals surface area contributed by atoms with Crippen LogP contribution in [0.5, 0.6) is 11.6 Å². The molecule has 0 aliphatic rings. The van der Waals surface area contributed by atoms with Gasteiger partial charge in [-0.2, -0.15) is 0 Å². The SMILES string of the molecule is COc1ccccc1CCNc1ncnc(OC)c1C. The molecular formula is C15H19N3O2. The average Bonchev–Trinajstić information content (AvgIpc) is 2.49. The van der Waals surface area contributed by atoms with Gasteiger partial charge in [-0.15, -0.1) is 0 Å². The summed E-state index contributed by atoms with van der Waals surface area (Å²) >= 11 is 0. The Morgan fingerprint density at radius 1 is 1.10 bits per heavy atom. The minimum atomic E-state index is 0.597. The molecule has 2 rings (SSSR count). The Morgan fingerprint density at radius 2 is 1.90 bits per heavy atom. The predicted molar refractivity (Wildman–Crippen MR) is 78.5 cm³/mol. The fourth-order valence-corrected chi connectivity index (χ4v) is 2.04.